The zero-order valence-corrected chi connectivity index (χ0v) is 16.1. The molecule has 0 aromatic heterocycles. The fraction of sp³-hybridized carbons (Fsp3) is 0.333. The highest BCUT2D eigenvalue weighted by Gasteiger charge is 2.32. The number of benzene rings is 2. The number of rotatable bonds is 8. The van der Waals surface area contributed by atoms with Crippen LogP contribution in [-0.4, -0.2) is 44.4 Å². The van der Waals surface area contributed by atoms with Crippen molar-refractivity contribution in [3.8, 4) is 11.1 Å². The van der Waals surface area contributed by atoms with E-state index in [1.165, 1.54) is 17.9 Å². The van der Waals surface area contributed by atoms with Gasteiger partial charge in [-0.2, -0.15) is 0 Å². The fourth-order valence-corrected chi connectivity index (χ4v) is 3.10. The van der Waals surface area contributed by atoms with Crippen molar-refractivity contribution in [3.63, 3.8) is 0 Å². The van der Waals surface area contributed by atoms with Crippen molar-refractivity contribution in [2.24, 2.45) is 0 Å². The number of alkyl halides is 1. The smallest absolute Gasteiger partial charge is 0.414 e. The Kier molecular flexibility index (Phi) is 6.77. The third kappa shape index (κ3) is 5.29. The van der Waals surface area contributed by atoms with E-state index in [4.69, 9.17) is 4.74 Å². The summed E-state index contributed by atoms with van der Waals surface area (Å²) < 4.78 is 32.1. The lowest BCUT2D eigenvalue weighted by molar-refractivity contribution is -0.119. The SMILES string of the molecule is CC(=O)NC[C@H]1CN(c2ccc(-c3ccc(CNCCF)cc3)c(F)c2)C(=O)O1. The summed E-state index contributed by atoms with van der Waals surface area (Å²) in [7, 11) is 0. The second kappa shape index (κ2) is 9.47. The maximum absolute atomic E-state index is 14.7. The van der Waals surface area contributed by atoms with E-state index in [1.807, 2.05) is 12.1 Å². The molecule has 1 fully saturated rings. The van der Waals surface area contributed by atoms with Gasteiger partial charge in [-0.05, 0) is 29.3 Å². The first-order valence-electron chi connectivity index (χ1n) is 9.36. The second-order valence-electron chi connectivity index (χ2n) is 6.78. The molecule has 2 N–H and O–H groups in total. The van der Waals surface area contributed by atoms with Gasteiger partial charge < -0.3 is 15.4 Å². The molecule has 2 amide bonds. The first-order valence-corrected chi connectivity index (χ1v) is 9.36. The number of carbonyl (C=O) groups excluding carboxylic acids is 2. The number of halogens is 2. The summed E-state index contributed by atoms with van der Waals surface area (Å²) in [5, 5.41) is 5.56. The molecule has 0 spiro atoms. The zero-order valence-electron chi connectivity index (χ0n) is 16.1. The largest absolute Gasteiger partial charge is 0.442 e. The van der Waals surface area contributed by atoms with E-state index in [9.17, 15) is 18.4 Å². The van der Waals surface area contributed by atoms with Crippen LogP contribution in [0.4, 0.5) is 19.3 Å². The molecular weight excluding hydrogens is 380 g/mol. The Hall–Kier alpha value is -3.00. The van der Waals surface area contributed by atoms with E-state index in [-0.39, 0.29) is 19.0 Å². The summed E-state index contributed by atoms with van der Waals surface area (Å²) in [6, 6.07) is 11.9. The van der Waals surface area contributed by atoms with Gasteiger partial charge in [0.25, 0.3) is 0 Å². The van der Waals surface area contributed by atoms with Crippen LogP contribution in [0.1, 0.15) is 12.5 Å². The number of cyclic esters (lactones) is 1. The molecule has 0 saturated carbocycles. The standard InChI is InChI=1S/C21H23F2N3O3/c1-14(27)25-12-18-13-26(21(28)29-18)17-6-7-19(20(23)10-17)16-4-2-15(3-5-16)11-24-9-8-22/h2-7,10,18,24H,8-9,11-13H2,1H3,(H,25,27)/t18-/m0/s1. The Morgan fingerprint density at radius 3 is 2.66 bits per heavy atom. The van der Waals surface area contributed by atoms with Gasteiger partial charge in [0.2, 0.25) is 5.91 Å². The molecule has 1 heterocycles. The Morgan fingerprint density at radius 2 is 2.00 bits per heavy atom. The lowest BCUT2D eigenvalue weighted by atomic mass is 10.0. The lowest BCUT2D eigenvalue weighted by Crippen LogP contribution is -2.33. The lowest BCUT2D eigenvalue weighted by Gasteiger charge is -2.15. The number of ether oxygens (including phenoxy) is 1. The van der Waals surface area contributed by atoms with Crippen LogP contribution >= 0.6 is 0 Å². The molecule has 3 rings (SSSR count). The van der Waals surface area contributed by atoms with Gasteiger partial charge in [-0.25, -0.2) is 13.6 Å². The van der Waals surface area contributed by atoms with Crippen LogP contribution in [0.15, 0.2) is 42.5 Å². The van der Waals surface area contributed by atoms with E-state index in [0.717, 1.165) is 5.56 Å². The topological polar surface area (TPSA) is 70.7 Å². The van der Waals surface area contributed by atoms with E-state index in [2.05, 4.69) is 10.6 Å². The third-order valence-corrected chi connectivity index (χ3v) is 4.58. The van der Waals surface area contributed by atoms with Gasteiger partial charge in [0.15, 0.2) is 0 Å². The number of hydrogen-bond acceptors (Lipinski definition) is 4. The minimum absolute atomic E-state index is 0.209. The van der Waals surface area contributed by atoms with Crippen molar-refractivity contribution in [2.75, 3.05) is 31.2 Å². The summed E-state index contributed by atoms with van der Waals surface area (Å²) in [5.41, 5.74) is 2.49. The molecule has 1 aliphatic rings. The van der Waals surface area contributed by atoms with Crippen LogP contribution in [0.2, 0.25) is 0 Å². The number of hydrogen-bond donors (Lipinski definition) is 2. The Morgan fingerprint density at radius 1 is 1.24 bits per heavy atom. The van der Waals surface area contributed by atoms with Gasteiger partial charge in [0, 0.05) is 25.6 Å². The molecule has 0 unspecified atom stereocenters. The van der Waals surface area contributed by atoms with Gasteiger partial charge in [0.05, 0.1) is 18.8 Å². The van der Waals surface area contributed by atoms with Crippen LogP contribution in [0.5, 0.6) is 0 Å². The number of nitrogens with zero attached hydrogens (tertiary/aromatic N) is 1. The third-order valence-electron chi connectivity index (χ3n) is 4.58. The molecule has 0 aliphatic carbocycles. The molecule has 2 aromatic carbocycles. The van der Waals surface area contributed by atoms with Crippen molar-refractivity contribution in [1.29, 1.82) is 0 Å². The van der Waals surface area contributed by atoms with E-state index in [0.29, 0.717) is 29.9 Å². The summed E-state index contributed by atoms with van der Waals surface area (Å²) in [6.07, 6.45) is -1.05. The van der Waals surface area contributed by atoms with Crippen molar-refractivity contribution in [2.45, 2.75) is 19.6 Å². The summed E-state index contributed by atoms with van der Waals surface area (Å²) in [5.74, 6) is -0.664. The molecule has 0 bridgehead atoms. The highest BCUT2D eigenvalue weighted by molar-refractivity contribution is 5.90. The van der Waals surface area contributed by atoms with E-state index < -0.39 is 24.7 Å². The predicted molar refractivity (Wildman–Crippen MR) is 106 cm³/mol. The van der Waals surface area contributed by atoms with Gasteiger partial charge in [-0.3, -0.25) is 9.69 Å². The minimum atomic E-state index is -0.572. The molecule has 6 nitrogen and oxygen atoms in total. The van der Waals surface area contributed by atoms with Crippen molar-refractivity contribution >= 4 is 17.7 Å². The Balaban J connectivity index is 1.68. The maximum Gasteiger partial charge on any atom is 0.414 e. The van der Waals surface area contributed by atoms with Gasteiger partial charge in [0.1, 0.15) is 18.6 Å². The van der Waals surface area contributed by atoms with Gasteiger partial charge in [-0.1, -0.05) is 24.3 Å². The number of nitrogens with one attached hydrogen (secondary N) is 2. The molecule has 29 heavy (non-hydrogen) atoms. The summed E-state index contributed by atoms with van der Waals surface area (Å²) in [4.78, 5) is 24.4. The molecule has 8 heteroatoms. The highest BCUT2D eigenvalue weighted by Crippen LogP contribution is 2.29. The van der Waals surface area contributed by atoms with Crippen LogP contribution < -0.4 is 15.5 Å². The first-order chi connectivity index (χ1) is 14.0. The molecule has 1 atom stereocenters. The molecule has 1 aliphatic heterocycles. The molecule has 154 valence electrons. The summed E-state index contributed by atoms with van der Waals surface area (Å²) >= 11 is 0. The van der Waals surface area contributed by atoms with E-state index in [1.54, 1.807) is 24.3 Å². The predicted octanol–water partition coefficient (Wildman–Crippen LogP) is 3.01. The quantitative estimate of drug-likeness (QED) is 0.665. The Labute approximate surface area is 167 Å². The van der Waals surface area contributed by atoms with Crippen LogP contribution in [0.25, 0.3) is 11.1 Å². The summed E-state index contributed by atoms with van der Waals surface area (Å²) in [6.45, 7) is 2.25. The van der Waals surface area contributed by atoms with Crippen molar-refractivity contribution in [1.82, 2.24) is 10.6 Å². The second-order valence-corrected chi connectivity index (χ2v) is 6.78. The average Bonchev–Trinajstić information content (AvgIpc) is 3.08. The van der Waals surface area contributed by atoms with E-state index >= 15 is 0 Å². The molecule has 2 aromatic rings. The minimum Gasteiger partial charge on any atom is -0.442 e. The monoisotopic (exact) mass is 403 g/mol. The fourth-order valence-electron chi connectivity index (χ4n) is 3.10. The molecular formula is C21H23F2N3O3. The van der Waals surface area contributed by atoms with Gasteiger partial charge >= 0.3 is 6.09 Å². The van der Waals surface area contributed by atoms with Crippen LogP contribution in [0, 0.1) is 5.82 Å². The first kappa shape index (κ1) is 20.7. The highest BCUT2D eigenvalue weighted by atomic mass is 19.1. The molecule has 0 radical (unpaired) electrons. The number of carbonyl (C=O) groups is 2. The van der Waals surface area contributed by atoms with Crippen molar-refractivity contribution in [3.05, 3.63) is 53.8 Å². The van der Waals surface area contributed by atoms with Crippen LogP contribution in [0.3, 0.4) is 0 Å². The maximum atomic E-state index is 14.7. The normalized spacial score (nSPS) is 16.0. The molecule has 1 saturated heterocycles. The van der Waals surface area contributed by atoms with Gasteiger partial charge in [-0.15, -0.1) is 0 Å². The average molecular weight is 403 g/mol. The van der Waals surface area contributed by atoms with Crippen LogP contribution in [-0.2, 0) is 16.1 Å². The van der Waals surface area contributed by atoms with Crippen molar-refractivity contribution < 1.29 is 23.1 Å². The Bertz CT molecular complexity index is 874. The zero-order chi connectivity index (χ0) is 20.8. The number of anilines is 1. The number of amides is 2.